The van der Waals surface area contributed by atoms with Crippen LogP contribution in [0.25, 0.3) is 0 Å². The van der Waals surface area contributed by atoms with Gasteiger partial charge in [0.1, 0.15) is 0 Å². The van der Waals surface area contributed by atoms with Crippen LogP contribution < -0.4 is 5.32 Å². The Kier molecular flexibility index (Phi) is 7.65. The van der Waals surface area contributed by atoms with Crippen molar-refractivity contribution in [2.45, 2.75) is 52.2 Å². The molecule has 2 rings (SSSR count). The van der Waals surface area contributed by atoms with E-state index in [9.17, 15) is 0 Å². The minimum absolute atomic E-state index is 0. The van der Waals surface area contributed by atoms with Gasteiger partial charge in [-0.1, -0.05) is 19.9 Å². The highest BCUT2D eigenvalue weighted by Crippen LogP contribution is 2.52. The Balaban J connectivity index is 0.00000242. The molecule has 1 heterocycles. The molecular formula is C17H32IN3O. The molecule has 3 unspecified atom stereocenters. The van der Waals surface area contributed by atoms with Crippen LogP contribution in [-0.4, -0.2) is 49.7 Å². The maximum Gasteiger partial charge on any atom is 0.193 e. The summed E-state index contributed by atoms with van der Waals surface area (Å²) in [6.45, 7) is 13.2. The van der Waals surface area contributed by atoms with Crippen LogP contribution in [0.4, 0.5) is 0 Å². The van der Waals surface area contributed by atoms with Crippen LogP contribution in [0.2, 0.25) is 0 Å². The van der Waals surface area contributed by atoms with Gasteiger partial charge in [0.15, 0.2) is 5.96 Å². The fourth-order valence-electron chi connectivity index (χ4n) is 3.76. The Morgan fingerprint density at radius 3 is 2.86 bits per heavy atom. The van der Waals surface area contributed by atoms with Gasteiger partial charge in [-0.25, -0.2) is 0 Å². The number of nitrogens with zero attached hydrogens (tertiary/aromatic N) is 2. The summed E-state index contributed by atoms with van der Waals surface area (Å²) in [5.41, 5.74) is 0.192. The van der Waals surface area contributed by atoms with E-state index in [-0.39, 0.29) is 29.4 Å². The first-order valence-electron chi connectivity index (χ1n) is 8.27. The first-order valence-corrected chi connectivity index (χ1v) is 8.27. The van der Waals surface area contributed by atoms with Gasteiger partial charge < -0.3 is 15.0 Å². The number of unbranched alkanes of at least 4 members (excludes halogenated alkanes) is 1. The molecule has 0 bridgehead atoms. The molecule has 1 saturated carbocycles. The normalized spacial score (nSPS) is 29.1. The van der Waals surface area contributed by atoms with Crippen molar-refractivity contribution in [1.82, 2.24) is 10.2 Å². The maximum absolute atomic E-state index is 5.87. The van der Waals surface area contributed by atoms with Crippen molar-refractivity contribution in [2.24, 2.45) is 16.3 Å². The van der Waals surface area contributed by atoms with E-state index in [4.69, 9.17) is 4.74 Å². The van der Waals surface area contributed by atoms with Crippen molar-refractivity contribution in [1.29, 1.82) is 0 Å². The number of halogens is 1. The fourth-order valence-corrected chi connectivity index (χ4v) is 3.76. The maximum atomic E-state index is 5.87. The van der Waals surface area contributed by atoms with E-state index in [1.165, 1.54) is 6.42 Å². The lowest BCUT2D eigenvalue weighted by molar-refractivity contribution is -0.107. The lowest BCUT2D eigenvalue weighted by Gasteiger charge is -2.55. The highest BCUT2D eigenvalue weighted by Gasteiger charge is 2.59. The number of fused-ring (bicyclic) bond motifs is 1. The molecule has 2 fully saturated rings. The van der Waals surface area contributed by atoms with Gasteiger partial charge in [-0.2, -0.15) is 0 Å². The van der Waals surface area contributed by atoms with Gasteiger partial charge in [-0.05, 0) is 26.2 Å². The first kappa shape index (κ1) is 19.7. The second-order valence-corrected chi connectivity index (χ2v) is 6.84. The molecule has 2 aliphatic rings. The topological polar surface area (TPSA) is 36.9 Å². The quantitative estimate of drug-likeness (QED) is 0.235. The number of ether oxygens (including phenoxy) is 1. The van der Waals surface area contributed by atoms with E-state index < -0.39 is 0 Å². The van der Waals surface area contributed by atoms with Gasteiger partial charge in [-0.15, -0.1) is 30.6 Å². The van der Waals surface area contributed by atoms with Crippen molar-refractivity contribution in [3.63, 3.8) is 0 Å². The van der Waals surface area contributed by atoms with Gasteiger partial charge in [0.2, 0.25) is 0 Å². The number of guanidine groups is 1. The highest BCUT2D eigenvalue weighted by molar-refractivity contribution is 14.0. The van der Waals surface area contributed by atoms with E-state index in [0.717, 1.165) is 38.5 Å². The summed E-state index contributed by atoms with van der Waals surface area (Å²) in [7, 11) is 2.12. The number of rotatable bonds is 6. The molecule has 0 aromatic carbocycles. The van der Waals surface area contributed by atoms with E-state index in [2.05, 4.69) is 49.6 Å². The summed E-state index contributed by atoms with van der Waals surface area (Å²) in [4.78, 5) is 6.91. The van der Waals surface area contributed by atoms with Crippen molar-refractivity contribution in [3.8, 4) is 0 Å². The molecule has 0 radical (unpaired) electrons. The number of hydrogen-bond acceptors (Lipinski definition) is 2. The number of aliphatic imine (C=N–C) groups is 1. The predicted molar refractivity (Wildman–Crippen MR) is 104 cm³/mol. The standard InChI is InChI=1S/C17H31N3O.HI/c1-6-8-9-11-20(5)16(18-7-2)19-14-13-10-12-21-15(13)17(14,3)4;/h6,13-15H,1,7-12H2,2-5H3,(H,18,19);1H. The number of hydrogen-bond donors (Lipinski definition) is 1. The van der Waals surface area contributed by atoms with E-state index in [1.807, 2.05) is 6.08 Å². The van der Waals surface area contributed by atoms with Crippen LogP contribution in [0.1, 0.15) is 40.0 Å². The molecule has 0 aromatic rings. The Hall–Kier alpha value is -0.300. The fraction of sp³-hybridized carbons (Fsp3) is 0.824. The lowest BCUT2D eigenvalue weighted by Crippen LogP contribution is -2.68. The minimum atomic E-state index is 0. The van der Waals surface area contributed by atoms with Gasteiger partial charge in [0.25, 0.3) is 0 Å². The minimum Gasteiger partial charge on any atom is -0.377 e. The zero-order chi connectivity index (χ0) is 15.5. The van der Waals surface area contributed by atoms with E-state index >= 15 is 0 Å². The molecule has 5 heteroatoms. The number of nitrogens with one attached hydrogen (secondary N) is 1. The third-order valence-electron chi connectivity index (χ3n) is 4.96. The molecule has 0 aromatic heterocycles. The van der Waals surface area contributed by atoms with Crippen LogP contribution in [0.5, 0.6) is 0 Å². The second-order valence-electron chi connectivity index (χ2n) is 6.84. The molecule has 1 N–H and O–H groups in total. The average molecular weight is 421 g/mol. The zero-order valence-electron chi connectivity index (χ0n) is 14.5. The molecule has 128 valence electrons. The summed E-state index contributed by atoms with van der Waals surface area (Å²) in [6, 6.07) is 0.470. The SMILES string of the molecule is C=CCCCN(C)C(=NCC)NC1C2CCOC2C1(C)C.I. The Bertz CT molecular complexity index is 397. The summed E-state index contributed by atoms with van der Waals surface area (Å²) < 4.78 is 5.87. The molecule has 3 atom stereocenters. The molecule has 0 spiro atoms. The van der Waals surface area contributed by atoms with Crippen LogP contribution >= 0.6 is 24.0 Å². The molecule has 0 amide bonds. The summed E-state index contributed by atoms with van der Waals surface area (Å²) in [6.07, 6.45) is 5.74. The lowest BCUT2D eigenvalue weighted by atomic mass is 9.57. The number of allylic oxidation sites excluding steroid dienone is 1. The Morgan fingerprint density at radius 1 is 1.50 bits per heavy atom. The van der Waals surface area contributed by atoms with Gasteiger partial charge in [0, 0.05) is 44.1 Å². The van der Waals surface area contributed by atoms with Crippen LogP contribution in [-0.2, 0) is 4.74 Å². The molecule has 1 aliphatic carbocycles. The van der Waals surface area contributed by atoms with E-state index in [0.29, 0.717) is 18.1 Å². The Morgan fingerprint density at radius 2 is 2.23 bits per heavy atom. The third-order valence-corrected chi connectivity index (χ3v) is 4.96. The van der Waals surface area contributed by atoms with Crippen molar-refractivity contribution in [2.75, 3.05) is 26.7 Å². The van der Waals surface area contributed by atoms with Gasteiger partial charge in [-0.3, -0.25) is 4.99 Å². The Labute approximate surface area is 152 Å². The van der Waals surface area contributed by atoms with Crippen molar-refractivity contribution < 1.29 is 4.74 Å². The largest absolute Gasteiger partial charge is 0.377 e. The molecule has 1 saturated heterocycles. The predicted octanol–water partition coefficient (Wildman–Crippen LogP) is 3.28. The zero-order valence-corrected chi connectivity index (χ0v) is 16.8. The van der Waals surface area contributed by atoms with Crippen molar-refractivity contribution >= 4 is 29.9 Å². The molecule has 4 nitrogen and oxygen atoms in total. The second kappa shape index (κ2) is 8.52. The van der Waals surface area contributed by atoms with Crippen molar-refractivity contribution in [3.05, 3.63) is 12.7 Å². The summed E-state index contributed by atoms with van der Waals surface area (Å²) >= 11 is 0. The van der Waals surface area contributed by atoms with Gasteiger partial charge >= 0.3 is 0 Å². The molecular weight excluding hydrogens is 389 g/mol. The highest BCUT2D eigenvalue weighted by atomic mass is 127. The summed E-state index contributed by atoms with van der Waals surface area (Å²) in [5.74, 6) is 1.67. The smallest absolute Gasteiger partial charge is 0.193 e. The monoisotopic (exact) mass is 421 g/mol. The first-order chi connectivity index (χ1) is 10.0. The molecule has 22 heavy (non-hydrogen) atoms. The van der Waals surface area contributed by atoms with Gasteiger partial charge in [0.05, 0.1) is 6.10 Å². The molecule has 1 aliphatic heterocycles. The summed E-state index contributed by atoms with van der Waals surface area (Å²) in [5, 5.41) is 3.71. The average Bonchev–Trinajstić information content (AvgIpc) is 2.90. The third kappa shape index (κ3) is 3.96. The van der Waals surface area contributed by atoms with E-state index in [1.54, 1.807) is 0 Å². The van der Waals surface area contributed by atoms with Crippen LogP contribution in [0, 0.1) is 11.3 Å². The van der Waals surface area contributed by atoms with Crippen LogP contribution in [0.15, 0.2) is 17.6 Å². The van der Waals surface area contributed by atoms with Crippen LogP contribution in [0.3, 0.4) is 0 Å².